The van der Waals surface area contributed by atoms with E-state index in [0.29, 0.717) is 11.8 Å². The zero-order chi connectivity index (χ0) is 39.4. The number of aliphatic hydroxyl groups is 1. The van der Waals surface area contributed by atoms with Crippen LogP contribution in [0.1, 0.15) is 110 Å². The van der Waals surface area contributed by atoms with E-state index in [2.05, 4.69) is 24.9 Å². The van der Waals surface area contributed by atoms with Gasteiger partial charge in [0.25, 0.3) is 0 Å². The molecular weight excluding hydrogens is 666 g/mol. The summed E-state index contributed by atoms with van der Waals surface area (Å²) >= 11 is 7.68. The zero-order valence-corrected chi connectivity index (χ0v) is 34.4. The molecule has 1 heterocycles. The molecule has 50 heavy (non-hydrogen) atoms. The van der Waals surface area contributed by atoms with Crippen LogP contribution in [0.3, 0.4) is 0 Å². The molecule has 0 radical (unpaired) electrons. The average molecular weight is 733 g/mol. The largest absolute Gasteiger partial charge is 0.458 e. The fraction of sp³-hybridized carbons (Fsp3) is 0.450. The van der Waals surface area contributed by atoms with Gasteiger partial charge in [0.15, 0.2) is 0 Å². The highest BCUT2D eigenvalue weighted by Crippen LogP contribution is 2.35. The normalized spacial score (nSPS) is 11.4. The van der Waals surface area contributed by atoms with Crippen LogP contribution >= 0.6 is 22.9 Å². The number of anilines is 2. The van der Waals surface area contributed by atoms with Crippen molar-refractivity contribution in [3.8, 4) is 11.1 Å². The van der Waals surface area contributed by atoms with Gasteiger partial charge < -0.3 is 32.4 Å². The third kappa shape index (κ3) is 19.6. The molecule has 0 spiro atoms. The van der Waals surface area contributed by atoms with Gasteiger partial charge in [-0.05, 0) is 74.1 Å². The summed E-state index contributed by atoms with van der Waals surface area (Å²) in [5.74, 6) is -0.274. The summed E-state index contributed by atoms with van der Waals surface area (Å²) in [7, 11) is 1.91. The Hall–Kier alpha value is -3.47. The van der Waals surface area contributed by atoms with Gasteiger partial charge in [-0.1, -0.05) is 116 Å². The summed E-state index contributed by atoms with van der Waals surface area (Å²) in [5.41, 5.74) is 23.2. The topological polar surface area (TPSA) is 160 Å². The average Bonchev–Trinajstić information content (AvgIpc) is 3.40. The van der Waals surface area contributed by atoms with E-state index in [1.807, 2.05) is 130 Å². The molecule has 3 aromatic rings. The fourth-order valence-corrected chi connectivity index (χ4v) is 5.27. The highest BCUT2D eigenvalue weighted by molar-refractivity contribution is 7.16. The molecule has 1 aliphatic carbocycles. The lowest BCUT2D eigenvalue weighted by atomic mass is 9.94. The Kier molecular flexibility index (Phi) is 30.9. The smallest absolute Gasteiger partial charge is 0.303 e. The molecule has 9 N–H and O–H groups in total. The Labute approximate surface area is 312 Å². The predicted molar refractivity (Wildman–Crippen MR) is 223 cm³/mol. The molecule has 10 heteroatoms. The van der Waals surface area contributed by atoms with Crippen LogP contribution < -0.4 is 22.5 Å². The van der Waals surface area contributed by atoms with Gasteiger partial charge in [0.05, 0.1) is 17.4 Å². The first-order valence-corrected chi connectivity index (χ1v) is 18.6. The Morgan fingerprint density at radius 1 is 0.980 bits per heavy atom. The second-order valence-corrected chi connectivity index (χ2v) is 12.0. The van der Waals surface area contributed by atoms with Crippen molar-refractivity contribution in [3.05, 3.63) is 92.9 Å². The van der Waals surface area contributed by atoms with Gasteiger partial charge >= 0.3 is 5.97 Å². The van der Waals surface area contributed by atoms with Crippen molar-refractivity contribution in [2.45, 2.75) is 108 Å². The third-order valence-electron chi connectivity index (χ3n) is 6.28. The number of benzene rings is 2. The highest BCUT2D eigenvalue weighted by Gasteiger charge is 2.19. The molecule has 0 bridgehead atoms. The maximum absolute atomic E-state index is 10.9. The first-order valence-electron chi connectivity index (χ1n) is 17.4. The first kappa shape index (κ1) is 50.9. The molecule has 0 fully saturated rings. The summed E-state index contributed by atoms with van der Waals surface area (Å²) in [5, 5.41) is 20.9. The summed E-state index contributed by atoms with van der Waals surface area (Å²) in [6.07, 6.45) is 5.33. The number of nitrogens with one attached hydrogen (secondary N) is 2. The number of para-hydroxylation sites is 1. The molecule has 0 amide bonds. The number of nitrogens with two attached hydrogens (primary N) is 3. The SMILES string of the molecule is CC.CC.CC.CC(=O)OC(C)c1ccc(-c2ccccc2N)cc1.CC(C)N.CNc1sc(C)c(C)c1C(=N)C1=CC=C(Cl)CC1.NCO. The molecule has 1 atom stereocenters. The van der Waals surface area contributed by atoms with Crippen LogP contribution in [-0.2, 0) is 9.53 Å². The quantitative estimate of drug-likeness (QED) is 0.0636. The number of hydrogen-bond acceptors (Lipinski definition) is 9. The number of nitrogen functional groups attached to an aromatic ring is 1. The van der Waals surface area contributed by atoms with Gasteiger partial charge in [-0.2, -0.15) is 0 Å². The van der Waals surface area contributed by atoms with Crippen LogP contribution in [0.25, 0.3) is 11.1 Å². The molecule has 1 aliphatic rings. The Morgan fingerprint density at radius 2 is 1.48 bits per heavy atom. The minimum Gasteiger partial charge on any atom is -0.458 e. The number of allylic oxidation sites excluding steroid dienone is 4. The maximum Gasteiger partial charge on any atom is 0.303 e. The van der Waals surface area contributed by atoms with E-state index in [-0.39, 0.29) is 18.8 Å². The monoisotopic (exact) mass is 731 g/mol. The van der Waals surface area contributed by atoms with Crippen LogP contribution in [0, 0.1) is 19.3 Å². The van der Waals surface area contributed by atoms with Crippen LogP contribution in [0.15, 0.2) is 71.3 Å². The van der Waals surface area contributed by atoms with Crippen molar-refractivity contribution in [1.82, 2.24) is 0 Å². The van der Waals surface area contributed by atoms with E-state index in [1.54, 1.807) is 11.3 Å². The van der Waals surface area contributed by atoms with Gasteiger partial charge in [-0.3, -0.25) is 10.2 Å². The number of aryl methyl sites for hydroxylation is 1. The number of carbonyl (C=O) groups is 1. The second kappa shape index (κ2) is 30.4. The van der Waals surface area contributed by atoms with Crippen molar-refractivity contribution in [3.63, 3.8) is 0 Å². The van der Waals surface area contributed by atoms with Gasteiger partial charge in [0, 0.05) is 40.7 Å². The molecule has 1 unspecified atom stereocenters. The number of hydrogen-bond donors (Lipinski definition) is 6. The number of carbonyl (C=O) groups excluding carboxylic acids is 1. The molecule has 282 valence electrons. The Balaban J connectivity index is -0.000000662. The van der Waals surface area contributed by atoms with Crippen LogP contribution in [0.2, 0.25) is 0 Å². The van der Waals surface area contributed by atoms with Crippen LogP contribution in [0.4, 0.5) is 10.7 Å². The van der Waals surface area contributed by atoms with Crippen LogP contribution in [0.5, 0.6) is 0 Å². The van der Waals surface area contributed by atoms with Crippen molar-refractivity contribution in [2.24, 2.45) is 11.5 Å². The number of esters is 1. The minimum absolute atomic E-state index is 0.236. The number of rotatable bonds is 6. The van der Waals surface area contributed by atoms with Crippen LogP contribution in [-0.4, -0.2) is 36.6 Å². The third-order valence-corrected chi connectivity index (χ3v) is 7.82. The van der Waals surface area contributed by atoms with Gasteiger partial charge in [0.2, 0.25) is 0 Å². The summed E-state index contributed by atoms with van der Waals surface area (Å²) in [6, 6.07) is 16.0. The van der Waals surface area contributed by atoms with Crippen molar-refractivity contribution < 1.29 is 14.6 Å². The van der Waals surface area contributed by atoms with Gasteiger partial charge in [0.1, 0.15) is 6.10 Å². The van der Waals surface area contributed by atoms with E-state index in [1.165, 1.54) is 17.4 Å². The number of ether oxygens (including phenoxy) is 1. The summed E-state index contributed by atoms with van der Waals surface area (Å²) < 4.78 is 5.14. The molecular formula is C40H66ClN5O3S. The Morgan fingerprint density at radius 3 is 1.90 bits per heavy atom. The molecule has 2 aromatic carbocycles. The molecule has 0 saturated carbocycles. The standard InChI is InChI=1S/C16H17NO2.C14H17ClN2S.C3H9N.3C2H6.CH5NO/c1-11(19-12(2)18)13-7-9-14(10-8-13)15-5-3-4-6-16(15)17;1-8-9(2)18-14(17-3)12(8)13(16)10-4-6-11(15)7-5-10;1-3(2)4;3*1-2;2-1-3/h3-11H,17H2,1-2H3;4,6,16-17H,5,7H2,1-3H3;3H,4H2,1-2H3;3*1-2H3;3H,1-2H2. The van der Waals surface area contributed by atoms with E-state index >= 15 is 0 Å². The number of halogens is 1. The molecule has 8 nitrogen and oxygen atoms in total. The van der Waals surface area contributed by atoms with Crippen molar-refractivity contribution in [2.75, 3.05) is 24.8 Å². The molecule has 0 saturated heterocycles. The van der Waals surface area contributed by atoms with Crippen molar-refractivity contribution in [1.29, 1.82) is 5.41 Å². The minimum atomic E-state index is -0.274. The first-order chi connectivity index (χ1) is 23.8. The number of aliphatic hydroxyl groups excluding tert-OH is 1. The lowest BCUT2D eigenvalue weighted by Gasteiger charge is -2.14. The highest BCUT2D eigenvalue weighted by atomic mass is 35.5. The summed E-state index contributed by atoms with van der Waals surface area (Å²) in [6.45, 7) is 23.1. The Bertz CT molecular complexity index is 1410. The molecule has 0 aliphatic heterocycles. The van der Waals surface area contributed by atoms with Gasteiger partial charge in [-0.25, -0.2) is 0 Å². The zero-order valence-electron chi connectivity index (χ0n) is 32.8. The van der Waals surface area contributed by atoms with Crippen molar-refractivity contribution >= 4 is 45.3 Å². The maximum atomic E-state index is 10.9. The summed E-state index contributed by atoms with van der Waals surface area (Å²) in [4.78, 5) is 12.2. The lowest BCUT2D eigenvalue weighted by molar-refractivity contribution is -0.145. The number of thiophene rings is 1. The lowest BCUT2D eigenvalue weighted by Crippen LogP contribution is -2.08. The fourth-order valence-electron chi connectivity index (χ4n) is 4.10. The van der Waals surface area contributed by atoms with E-state index in [0.717, 1.165) is 56.4 Å². The molecule has 4 rings (SSSR count). The molecule has 1 aromatic heterocycles. The van der Waals surface area contributed by atoms with E-state index < -0.39 is 0 Å². The van der Waals surface area contributed by atoms with E-state index in [4.69, 9.17) is 38.3 Å². The second-order valence-electron chi connectivity index (χ2n) is 10.3. The van der Waals surface area contributed by atoms with Gasteiger partial charge in [-0.15, -0.1) is 11.3 Å². The predicted octanol–water partition coefficient (Wildman–Crippen LogP) is 10.5. The van der Waals surface area contributed by atoms with E-state index in [9.17, 15) is 4.79 Å².